The Hall–Kier alpha value is -2.24. The van der Waals surface area contributed by atoms with E-state index in [-0.39, 0.29) is 23.5 Å². The van der Waals surface area contributed by atoms with Crippen molar-refractivity contribution in [1.29, 1.82) is 0 Å². The summed E-state index contributed by atoms with van der Waals surface area (Å²) < 4.78 is 0. The highest BCUT2D eigenvalue weighted by atomic mass is 16.2. The van der Waals surface area contributed by atoms with Crippen LogP contribution in [-0.4, -0.2) is 42.5 Å². The Kier molecular flexibility index (Phi) is 8.35. The van der Waals surface area contributed by atoms with Crippen molar-refractivity contribution in [3.8, 4) is 0 Å². The molecule has 0 aliphatic carbocycles. The molecule has 0 saturated heterocycles. The van der Waals surface area contributed by atoms with Crippen LogP contribution >= 0.6 is 0 Å². The number of hydrogen-bond acceptors (Lipinski definition) is 3. The van der Waals surface area contributed by atoms with E-state index in [9.17, 15) is 9.59 Å². The van der Waals surface area contributed by atoms with Gasteiger partial charge in [0.2, 0.25) is 5.91 Å². The van der Waals surface area contributed by atoms with Crippen LogP contribution in [0.2, 0.25) is 0 Å². The molecular formula is C24H42N4O2. The number of carbonyl (C=O) groups excluding carboxylic acids is 2. The number of carbonyl (C=O) groups is 2. The zero-order valence-electron chi connectivity index (χ0n) is 20.8. The number of anilines is 2. The van der Waals surface area contributed by atoms with Gasteiger partial charge in [-0.15, -0.1) is 0 Å². The summed E-state index contributed by atoms with van der Waals surface area (Å²) >= 11 is 0. The number of hydrogen-bond donors (Lipinski definition) is 2. The van der Waals surface area contributed by atoms with Crippen LogP contribution in [-0.2, 0) is 11.3 Å². The van der Waals surface area contributed by atoms with Crippen molar-refractivity contribution in [3.63, 3.8) is 0 Å². The van der Waals surface area contributed by atoms with Gasteiger partial charge in [0, 0.05) is 49.0 Å². The number of urea groups is 1. The van der Waals surface area contributed by atoms with Crippen molar-refractivity contribution in [3.05, 3.63) is 23.8 Å². The summed E-state index contributed by atoms with van der Waals surface area (Å²) in [5, 5.41) is 5.83. The van der Waals surface area contributed by atoms with Crippen LogP contribution < -0.4 is 15.5 Å². The largest absolute Gasteiger partial charge is 0.377 e. The summed E-state index contributed by atoms with van der Waals surface area (Å²) in [6.45, 7) is 18.5. The van der Waals surface area contributed by atoms with Crippen LogP contribution in [0.5, 0.6) is 0 Å². The molecule has 0 aliphatic heterocycles. The van der Waals surface area contributed by atoms with Crippen molar-refractivity contribution >= 4 is 23.3 Å². The van der Waals surface area contributed by atoms with Gasteiger partial charge in [0.15, 0.2) is 0 Å². The van der Waals surface area contributed by atoms with Gasteiger partial charge in [-0.2, -0.15) is 0 Å². The first kappa shape index (κ1) is 25.8. The maximum Gasteiger partial charge on any atom is 0.319 e. The molecule has 1 rings (SSSR count). The van der Waals surface area contributed by atoms with Gasteiger partial charge in [-0.05, 0) is 57.4 Å². The average Bonchev–Trinajstić information content (AvgIpc) is 2.55. The van der Waals surface area contributed by atoms with E-state index in [1.165, 1.54) is 0 Å². The topological polar surface area (TPSA) is 64.7 Å². The summed E-state index contributed by atoms with van der Waals surface area (Å²) in [6, 6.07) is 5.69. The van der Waals surface area contributed by atoms with Gasteiger partial charge in [-0.1, -0.05) is 34.6 Å². The molecule has 0 fully saturated rings. The average molecular weight is 419 g/mol. The van der Waals surface area contributed by atoms with E-state index in [0.29, 0.717) is 18.2 Å². The SMILES string of the molecule is CC(C)[C@H](C)N(Cc1cc(NC(=O)NC(C)(C)C)ccc1N(C)C)C(=O)C(C)(C)C. The molecule has 0 aliphatic rings. The lowest BCUT2D eigenvalue weighted by atomic mass is 9.92. The van der Waals surface area contributed by atoms with Gasteiger partial charge in [-0.25, -0.2) is 4.79 Å². The molecule has 0 bridgehead atoms. The Bertz CT molecular complexity index is 743. The summed E-state index contributed by atoms with van der Waals surface area (Å²) in [4.78, 5) is 29.6. The summed E-state index contributed by atoms with van der Waals surface area (Å²) in [5.74, 6) is 0.454. The predicted octanol–water partition coefficient (Wildman–Crippen LogP) is 5.09. The smallest absolute Gasteiger partial charge is 0.319 e. The quantitative estimate of drug-likeness (QED) is 0.676. The second-order valence-corrected chi connectivity index (χ2v) is 10.7. The normalized spacial score (nSPS) is 13.1. The first-order chi connectivity index (χ1) is 13.5. The van der Waals surface area contributed by atoms with Crippen LogP contribution in [0.1, 0.15) is 67.9 Å². The maximum absolute atomic E-state index is 13.2. The Morgan fingerprint density at radius 2 is 1.57 bits per heavy atom. The first-order valence-corrected chi connectivity index (χ1v) is 10.7. The fourth-order valence-corrected chi connectivity index (χ4v) is 3.10. The number of rotatable bonds is 6. The zero-order chi connectivity index (χ0) is 23.4. The highest BCUT2D eigenvalue weighted by Gasteiger charge is 2.32. The molecule has 0 radical (unpaired) electrons. The number of amides is 3. The number of benzene rings is 1. The molecule has 1 aromatic rings. The van der Waals surface area contributed by atoms with Crippen molar-refractivity contribution in [2.75, 3.05) is 24.3 Å². The van der Waals surface area contributed by atoms with Crippen LogP contribution in [0.25, 0.3) is 0 Å². The van der Waals surface area contributed by atoms with Gasteiger partial charge in [-0.3, -0.25) is 4.79 Å². The highest BCUT2D eigenvalue weighted by Crippen LogP contribution is 2.29. The van der Waals surface area contributed by atoms with Gasteiger partial charge in [0.1, 0.15) is 0 Å². The molecule has 0 spiro atoms. The van der Waals surface area contributed by atoms with Crippen molar-refractivity contribution < 1.29 is 9.59 Å². The standard InChI is InChI=1S/C24H42N4O2/c1-16(2)17(3)28(21(29)23(4,5)6)15-18-14-19(12-13-20(18)27(10)11)25-22(30)26-24(7,8)9/h12-14,16-17H,15H2,1-11H3,(H2,25,26,30)/t17-/m0/s1. The third-order valence-electron chi connectivity index (χ3n) is 5.01. The van der Waals surface area contributed by atoms with E-state index >= 15 is 0 Å². The lowest BCUT2D eigenvalue weighted by molar-refractivity contribution is -0.143. The second kappa shape index (κ2) is 9.71. The molecule has 6 nitrogen and oxygen atoms in total. The van der Waals surface area contributed by atoms with Gasteiger partial charge in [0.05, 0.1) is 0 Å². The van der Waals surface area contributed by atoms with Crippen LogP contribution in [0.15, 0.2) is 18.2 Å². The highest BCUT2D eigenvalue weighted by molar-refractivity contribution is 5.90. The summed E-state index contributed by atoms with van der Waals surface area (Å²) in [5.41, 5.74) is 1.94. The van der Waals surface area contributed by atoms with E-state index in [0.717, 1.165) is 11.3 Å². The van der Waals surface area contributed by atoms with Crippen molar-refractivity contribution in [2.45, 2.75) is 80.4 Å². The van der Waals surface area contributed by atoms with E-state index in [1.54, 1.807) is 0 Å². The van der Waals surface area contributed by atoms with Gasteiger partial charge in [0.25, 0.3) is 0 Å². The molecule has 6 heteroatoms. The molecule has 0 aromatic heterocycles. The summed E-state index contributed by atoms with van der Waals surface area (Å²) in [7, 11) is 3.97. The molecule has 1 aromatic carbocycles. The Morgan fingerprint density at radius 1 is 1.00 bits per heavy atom. The van der Waals surface area contributed by atoms with Gasteiger partial charge >= 0.3 is 6.03 Å². The summed E-state index contributed by atoms with van der Waals surface area (Å²) in [6.07, 6.45) is 0. The Labute approximate surface area is 183 Å². The van der Waals surface area contributed by atoms with Crippen LogP contribution in [0, 0.1) is 11.3 Å². The number of nitrogens with zero attached hydrogens (tertiary/aromatic N) is 2. The van der Waals surface area contributed by atoms with E-state index in [4.69, 9.17) is 0 Å². The zero-order valence-corrected chi connectivity index (χ0v) is 20.8. The van der Waals surface area contributed by atoms with Gasteiger partial charge < -0.3 is 20.4 Å². The third kappa shape index (κ3) is 7.54. The predicted molar refractivity (Wildman–Crippen MR) is 127 cm³/mol. The lowest BCUT2D eigenvalue weighted by Crippen LogP contribution is -2.46. The maximum atomic E-state index is 13.2. The minimum Gasteiger partial charge on any atom is -0.377 e. The number of nitrogens with one attached hydrogen (secondary N) is 2. The molecule has 0 unspecified atom stereocenters. The first-order valence-electron chi connectivity index (χ1n) is 10.7. The van der Waals surface area contributed by atoms with Crippen molar-refractivity contribution in [1.82, 2.24) is 10.2 Å². The molecule has 1 atom stereocenters. The minimum absolute atomic E-state index is 0.0903. The van der Waals surface area contributed by atoms with E-state index in [1.807, 2.05) is 83.6 Å². The third-order valence-corrected chi connectivity index (χ3v) is 5.01. The monoisotopic (exact) mass is 418 g/mol. The molecule has 170 valence electrons. The molecule has 30 heavy (non-hydrogen) atoms. The molecular weight excluding hydrogens is 376 g/mol. The molecule has 2 N–H and O–H groups in total. The molecule has 0 saturated carbocycles. The Morgan fingerprint density at radius 3 is 2.00 bits per heavy atom. The second-order valence-electron chi connectivity index (χ2n) is 10.7. The fourth-order valence-electron chi connectivity index (χ4n) is 3.10. The van der Waals surface area contributed by atoms with E-state index in [2.05, 4.69) is 31.4 Å². The van der Waals surface area contributed by atoms with Crippen molar-refractivity contribution in [2.24, 2.45) is 11.3 Å². The molecule has 3 amide bonds. The van der Waals surface area contributed by atoms with Crippen LogP contribution in [0.4, 0.5) is 16.2 Å². The van der Waals surface area contributed by atoms with Crippen LogP contribution in [0.3, 0.4) is 0 Å². The minimum atomic E-state index is -0.468. The molecule has 0 heterocycles. The Balaban J connectivity index is 3.30. The fraction of sp³-hybridized carbons (Fsp3) is 0.667. The lowest BCUT2D eigenvalue weighted by Gasteiger charge is -2.37. The van der Waals surface area contributed by atoms with E-state index < -0.39 is 5.41 Å².